The van der Waals surface area contributed by atoms with E-state index in [1.807, 2.05) is 5.38 Å². The summed E-state index contributed by atoms with van der Waals surface area (Å²) in [5.74, 6) is -0.841. The Labute approximate surface area is 153 Å². The Morgan fingerprint density at radius 2 is 1.77 bits per heavy atom. The van der Waals surface area contributed by atoms with Crippen molar-refractivity contribution < 1.29 is 19.2 Å². The number of nitrogens with one attached hydrogen (secondary N) is 3. The molecule has 0 spiro atoms. The van der Waals surface area contributed by atoms with Crippen molar-refractivity contribution in [1.82, 2.24) is 10.2 Å². The molecule has 3 N–H and O–H groups in total. The topological polar surface area (TPSA) is 108 Å². The van der Waals surface area contributed by atoms with E-state index in [0.29, 0.717) is 16.3 Å². The molecule has 0 unspecified atom stereocenters. The minimum Gasteiger partial charge on any atom is -0.329 e. The van der Waals surface area contributed by atoms with Gasteiger partial charge in [-0.1, -0.05) is 6.07 Å². The average Bonchev–Trinajstić information content (AvgIpc) is 3.26. The number of carbonyl (C=O) groups is 4. The van der Waals surface area contributed by atoms with Crippen molar-refractivity contribution in [2.24, 2.45) is 0 Å². The van der Waals surface area contributed by atoms with Gasteiger partial charge in [0.25, 0.3) is 5.91 Å². The zero-order valence-electron chi connectivity index (χ0n) is 13.7. The van der Waals surface area contributed by atoms with Crippen molar-refractivity contribution in [3.05, 3.63) is 46.7 Å². The quantitative estimate of drug-likeness (QED) is 0.673. The molecular formula is C17H16N4O4S. The van der Waals surface area contributed by atoms with Gasteiger partial charge in [0, 0.05) is 24.3 Å². The summed E-state index contributed by atoms with van der Waals surface area (Å²) in [6, 6.07) is 9.74. The van der Waals surface area contributed by atoms with Gasteiger partial charge in [0.05, 0.1) is 11.4 Å². The maximum atomic E-state index is 12.0. The number of urea groups is 1. The summed E-state index contributed by atoms with van der Waals surface area (Å²) in [4.78, 5) is 48.4. The van der Waals surface area contributed by atoms with Gasteiger partial charge in [-0.05, 0) is 35.7 Å². The summed E-state index contributed by atoms with van der Waals surface area (Å²) in [6.07, 6.45) is 0.00995. The minimum absolute atomic E-state index is 0.00995. The zero-order chi connectivity index (χ0) is 18.5. The molecule has 0 bridgehead atoms. The Hall–Kier alpha value is -3.20. The van der Waals surface area contributed by atoms with Crippen LogP contribution in [0.1, 0.15) is 16.1 Å². The number of carbonyl (C=O) groups excluding carboxylic acids is 4. The number of rotatable bonds is 6. The summed E-state index contributed by atoms with van der Waals surface area (Å²) in [7, 11) is 0. The second kappa shape index (κ2) is 7.79. The van der Waals surface area contributed by atoms with Crippen LogP contribution in [0.5, 0.6) is 0 Å². The number of imide groups is 1. The lowest BCUT2D eigenvalue weighted by molar-refractivity contribution is -0.125. The lowest BCUT2D eigenvalue weighted by Gasteiger charge is -2.12. The smallest absolute Gasteiger partial charge is 0.324 e. The van der Waals surface area contributed by atoms with Gasteiger partial charge in [0.2, 0.25) is 11.8 Å². The molecule has 1 fully saturated rings. The minimum atomic E-state index is -0.478. The van der Waals surface area contributed by atoms with Gasteiger partial charge in [0.15, 0.2) is 0 Å². The molecule has 5 amide bonds. The van der Waals surface area contributed by atoms with Gasteiger partial charge in [0.1, 0.15) is 0 Å². The fourth-order valence-electron chi connectivity index (χ4n) is 2.36. The van der Waals surface area contributed by atoms with Crippen LogP contribution in [0.25, 0.3) is 0 Å². The van der Waals surface area contributed by atoms with Crippen LogP contribution in [-0.4, -0.2) is 41.7 Å². The number of nitrogens with zero attached hydrogens (tertiary/aromatic N) is 1. The molecule has 3 rings (SSSR count). The monoisotopic (exact) mass is 372 g/mol. The first-order valence-corrected chi connectivity index (χ1v) is 8.74. The first-order chi connectivity index (χ1) is 12.5. The molecule has 1 saturated heterocycles. The van der Waals surface area contributed by atoms with Gasteiger partial charge in [-0.2, -0.15) is 0 Å². The van der Waals surface area contributed by atoms with E-state index >= 15 is 0 Å². The van der Waals surface area contributed by atoms with Crippen LogP contribution in [0.15, 0.2) is 41.8 Å². The highest BCUT2D eigenvalue weighted by Gasteiger charge is 2.28. The predicted octanol–water partition coefficient (Wildman–Crippen LogP) is 1.88. The maximum absolute atomic E-state index is 12.0. The second-order valence-corrected chi connectivity index (χ2v) is 6.46. The molecule has 134 valence electrons. The first kappa shape index (κ1) is 17.6. The van der Waals surface area contributed by atoms with E-state index in [2.05, 4.69) is 16.0 Å². The summed E-state index contributed by atoms with van der Waals surface area (Å²) in [5, 5.41) is 9.67. The van der Waals surface area contributed by atoms with Crippen LogP contribution in [0.4, 0.5) is 16.2 Å². The molecule has 8 nitrogen and oxygen atoms in total. The third-order valence-electron chi connectivity index (χ3n) is 3.67. The molecule has 2 heterocycles. The SMILES string of the molecule is O=C(CCN1C(=O)CNC1=O)Nc1ccc(NC(=O)c2cccs2)cc1. The molecule has 26 heavy (non-hydrogen) atoms. The molecule has 9 heteroatoms. The van der Waals surface area contributed by atoms with Crippen LogP contribution in [0.3, 0.4) is 0 Å². The highest BCUT2D eigenvalue weighted by molar-refractivity contribution is 7.12. The maximum Gasteiger partial charge on any atom is 0.324 e. The van der Waals surface area contributed by atoms with E-state index in [0.717, 1.165) is 4.90 Å². The predicted molar refractivity (Wildman–Crippen MR) is 97.1 cm³/mol. The first-order valence-electron chi connectivity index (χ1n) is 7.86. The normalized spacial score (nSPS) is 13.5. The molecule has 1 aromatic carbocycles. The van der Waals surface area contributed by atoms with Gasteiger partial charge in [-0.15, -0.1) is 11.3 Å². The van der Waals surface area contributed by atoms with E-state index in [4.69, 9.17) is 0 Å². The van der Waals surface area contributed by atoms with E-state index in [1.54, 1.807) is 36.4 Å². The summed E-state index contributed by atoms with van der Waals surface area (Å²) in [5.41, 5.74) is 1.17. The van der Waals surface area contributed by atoms with E-state index in [9.17, 15) is 19.2 Å². The highest BCUT2D eigenvalue weighted by Crippen LogP contribution is 2.16. The summed E-state index contributed by atoms with van der Waals surface area (Å²) in [6.45, 7) is 0.00453. The lowest BCUT2D eigenvalue weighted by Crippen LogP contribution is -2.33. The number of hydrogen-bond acceptors (Lipinski definition) is 5. The van der Waals surface area contributed by atoms with Gasteiger partial charge in [-0.3, -0.25) is 19.3 Å². The molecule has 0 aliphatic carbocycles. The van der Waals surface area contributed by atoms with Crippen LogP contribution in [0.2, 0.25) is 0 Å². The van der Waals surface area contributed by atoms with Crippen molar-refractivity contribution >= 4 is 46.5 Å². The van der Waals surface area contributed by atoms with Crippen LogP contribution in [0, 0.1) is 0 Å². The third kappa shape index (κ3) is 4.25. The molecule has 0 saturated carbocycles. The van der Waals surface area contributed by atoms with E-state index in [-0.39, 0.29) is 37.2 Å². The zero-order valence-corrected chi connectivity index (χ0v) is 14.5. The van der Waals surface area contributed by atoms with Crippen LogP contribution >= 0.6 is 11.3 Å². The Balaban J connectivity index is 1.49. The molecule has 0 atom stereocenters. The van der Waals surface area contributed by atoms with Crippen LogP contribution < -0.4 is 16.0 Å². The Morgan fingerprint density at radius 3 is 2.35 bits per heavy atom. The lowest BCUT2D eigenvalue weighted by atomic mass is 10.2. The Morgan fingerprint density at radius 1 is 1.08 bits per heavy atom. The average molecular weight is 372 g/mol. The molecule has 1 aliphatic heterocycles. The molecular weight excluding hydrogens is 356 g/mol. The van der Waals surface area contributed by atoms with Gasteiger partial charge < -0.3 is 16.0 Å². The molecule has 1 aromatic heterocycles. The Kier molecular flexibility index (Phi) is 5.28. The van der Waals surface area contributed by atoms with Crippen molar-refractivity contribution in [2.45, 2.75) is 6.42 Å². The highest BCUT2D eigenvalue weighted by atomic mass is 32.1. The number of hydrogen-bond donors (Lipinski definition) is 3. The van der Waals surface area contributed by atoms with Gasteiger partial charge >= 0.3 is 6.03 Å². The van der Waals surface area contributed by atoms with Crippen LogP contribution in [-0.2, 0) is 9.59 Å². The number of benzene rings is 1. The number of anilines is 2. The summed E-state index contributed by atoms with van der Waals surface area (Å²) >= 11 is 1.35. The van der Waals surface area contributed by atoms with Crippen molar-refractivity contribution in [3.8, 4) is 0 Å². The fraction of sp³-hybridized carbons (Fsp3) is 0.176. The molecule has 1 aliphatic rings. The van der Waals surface area contributed by atoms with E-state index in [1.165, 1.54) is 11.3 Å². The van der Waals surface area contributed by atoms with Crippen molar-refractivity contribution in [2.75, 3.05) is 23.7 Å². The number of thiophene rings is 1. The molecule has 0 radical (unpaired) electrons. The third-order valence-corrected chi connectivity index (χ3v) is 4.54. The largest absolute Gasteiger partial charge is 0.329 e. The van der Waals surface area contributed by atoms with E-state index < -0.39 is 6.03 Å². The van der Waals surface area contributed by atoms with Crippen molar-refractivity contribution in [1.29, 1.82) is 0 Å². The fourth-order valence-corrected chi connectivity index (χ4v) is 2.97. The second-order valence-electron chi connectivity index (χ2n) is 5.51. The van der Waals surface area contributed by atoms with Crippen molar-refractivity contribution in [3.63, 3.8) is 0 Å². The molecule has 2 aromatic rings. The number of amides is 5. The summed E-state index contributed by atoms with van der Waals surface area (Å²) < 4.78 is 0. The standard InChI is InChI=1S/C17H16N4O4S/c22-14(7-8-21-15(23)10-18-17(21)25)19-11-3-5-12(6-4-11)20-16(24)13-2-1-9-26-13/h1-6,9H,7-8,10H2,(H,18,25)(H,19,22)(H,20,24). The Bertz CT molecular complexity index is 817. The van der Waals surface area contributed by atoms with Gasteiger partial charge in [-0.25, -0.2) is 4.79 Å².